The van der Waals surface area contributed by atoms with E-state index >= 15 is 0 Å². The lowest BCUT2D eigenvalue weighted by Gasteiger charge is -2.12. The summed E-state index contributed by atoms with van der Waals surface area (Å²) in [5.41, 5.74) is 5.36. The number of esters is 1. The Bertz CT molecular complexity index is 497. The fourth-order valence-electron chi connectivity index (χ4n) is 1.21. The van der Waals surface area contributed by atoms with E-state index in [2.05, 4.69) is 4.74 Å². The second kappa shape index (κ2) is 6.89. The van der Waals surface area contributed by atoms with Gasteiger partial charge in [-0.05, 0) is 18.4 Å². The minimum Gasteiger partial charge on any atom is -0.419 e. The summed E-state index contributed by atoms with van der Waals surface area (Å²) in [6.45, 7) is 0. The SMILES string of the molecule is CSCCC(N)C(=O)Oc1c(F)c(F)c(F)c(F)c1F. The van der Waals surface area contributed by atoms with Crippen LogP contribution in [0.3, 0.4) is 0 Å². The van der Waals surface area contributed by atoms with Gasteiger partial charge in [0.25, 0.3) is 0 Å². The van der Waals surface area contributed by atoms with E-state index in [4.69, 9.17) is 5.73 Å². The summed E-state index contributed by atoms with van der Waals surface area (Å²) in [6, 6.07) is -1.22. The first-order valence-corrected chi connectivity index (χ1v) is 6.68. The van der Waals surface area contributed by atoms with Crippen molar-refractivity contribution in [2.45, 2.75) is 12.5 Å². The van der Waals surface area contributed by atoms with Crippen molar-refractivity contribution in [2.24, 2.45) is 5.73 Å². The van der Waals surface area contributed by atoms with Crippen LogP contribution in [-0.4, -0.2) is 24.0 Å². The van der Waals surface area contributed by atoms with Crippen LogP contribution in [0.5, 0.6) is 5.75 Å². The van der Waals surface area contributed by atoms with Crippen molar-refractivity contribution >= 4 is 17.7 Å². The molecule has 0 saturated heterocycles. The molecule has 0 amide bonds. The van der Waals surface area contributed by atoms with Crippen LogP contribution in [0.15, 0.2) is 0 Å². The van der Waals surface area contributed by atoms with Crippen LogP contribution < -0.4 is 10.5 Å². The summed E-state index contributed by atoms with van der Waals surface area (Å²) in [4.78, 5) is 11.4. The zero-order valence-corrected chi connectivity index (χ0v) is 11.0. The Morgan fingerprint density at radius 2 is 1.55 bits per heavy atom. The molecule has 20 heavy (non-hydrogen) atoms. The summed E-state index contributed by atoms with van der Waals surface area (Å²) in [6.07, 6.45) is 1.87. The van der Waals surface area contributed by atoms with Gasteiger partial charge in [0.1, 0.15) is 6.04 Å². The van der Waals surface area contributed by atoms with E-state index in [1.165, 1.54) is 11.8 Å². The van der Waals surface area contributed by atoms with E-state index in [9.17, 15) is 26.7 Å². The highest BCUT2D eigenvalue weighted by molar-refractivity contribution is 7.98. The Morgan fingerprint density at radius 1 is 1.10 bits per heavy atom. The number of carbonyl (C=O) groups excluding carboxylic acids is 1. The van der Waals surface area contributed by atoms with Gasteiger partial charge in [-0.1, -0.05) is 0 Å². The number of ether oxygens (including phenoxy) is 1. The van der Waals surface area contributed by atoms with Gasteiger partial charge in [-0.3, -0.25) is 0 Å². The van der Waals surface area contributed by atoms with Crippen LogP contribution in [0.1, 0.15) is 6.42 Å². The smallest absolute Gasteiger partial charge is 0.328 e. The molecule has 0 radical (unpaired) electrons. The van der Waals surface area contributed by atoms with Crippen LogP contribution in [0, 0.1) is 29.1 Å². The van der Waals surface area contributed by atoms with Gasteiger partial charge in [-0.15, -0.1) is 0 Å². The molecule has 0 saturated carbocycles. The molecule has 1 aromatic rings. The lowest BCUT2D eigenvalue weighted by molar-refractivity contribution is -0.136. The summed E-state index contributed by atoms with van der Waals surface area (Å²) >= 11 is 1.36. The minimum atomic E-state index is -2.33. The van der Waals surface area contributed by atoms with E-state index in [1.807, 2.05) is 0 Å². The van der Waals surface area contributed by atoms with Gasteiger partial charge >= 0.3 is 5.97 Å². The van der Waals surface area contributed by atoms with Crippen molar-refractivity contribution in [3.63, 3.8) is 0 Å². The topological polar surface area (TPSA) is 52.3 Å². The van der Waals surface area contributed by atoms with Crippen LogP contribution in [0.2, 0.25) is 0 Å². The Balaban J connectivity index is 3.01. The number of nitrogens with two attached hydrogens (primary N) is 1. The molecule has 3 nitrogen and oxygen atoms in total. The number of benzene rings is 1. The van der Waals surface area contributed by atoms with Crippen LogP contribution in [0.25, 0.3) is 0 Å². The molecular formula is C11H10F5NO2S. The molecule has 0 fully saturated rings. The average molecular weight is 315 g/mol. The van der Waals surface area contributed by atoms with Gasteiger partial charge < -0.3 is 10.5 Å². The van der Waals surface area contributed by atoms with E-state index in [-0.39, 0.29) is 6.42 Å². The largest absolute Gasteiger partial charge is 0.419 e. The fourth-order valence-corrected chi connectivity index (χ4v) is 1.70. The van der Waals surface area contributed by atoms with Gasteiger partial charge in [0, 0.05) is 0 Å². The third-order valence-corrected chi connectivity index (χ3v) is 2.95. The zero-order valence-electron chi connectivity index (χ0n) is 10.2. The lowest BCUT2D eigenvalue weighted by atomic mass is 10.2. The molecule has 0 aliphatic carbocycles. The molecule has 0 spiro atoms. The number of hydrogen-bond acceptors (Lipinski definition) is 4. The highest BCUT2D eigenvalue weighted by Gasteiger charge is 2.29. The quantitative estimate of drug-likeness (QED) is 0.298. The molecule has 9 heteroatoms. The van der Waals surface area contributed by atoms with Gasteiger partial charge in [0.15, 0.2) is 0 Å². The zero-order chi connectivity index (χ0) is 15.4. The molecule has 1 aromatic carbocycles. The summed E-state index contributed by atoms with van der Waals surface area (Å²) in [5.74, 6) is -13.6. The average Bonchev–Trinajstić information content (AvgIpc) is 2.44. The summed E-state index contributed by atoms with van der Waals surface area (Å²) in [5, 5.41) is 0. The molecule has 1 unspecified atom stereocenters. The van der Waals surface area contributed by atoms with E-state index in [1.54, 1.807) is 6.26 Å². The third-order valence-electron chi connectivity index (χ3n) is 2.31. The molecule has 0 aromatic heterocycles. The Morgan fingerprint density at radius 3 is 2.00 bits per heavy atom. The van der Waals surface area contributed by atoms with E-state index in [0.717, 1.165) is 0 Å². The van der Waals surface area contributed by atoms with Crippen molar-refractivity contribution in [2.75, 3.05) is 12.0 Å². The van der Waals surface area contributed by atoms with Gasteiger partial charge in [-0.2, -0.15) is 20.5 Å². The molecule has 0 heterocycles. The number of thioether (sulfide) groups is 1. The normalized spacial score (nSPS) is 12.3. The number of halogens is 5. The third kappa shape index (κ3) is 3.40. The minimum absolute atomic E-state index is 0.134. The van der Waals surface area contributed by atoms with Crippen LogP contribution >= 0.6 is 11.8 Å². The van der Waals surface area contributed by atoms with Crippen molar-refractivity contribution in [1.82, 2.24) is 0 Å². The maximum atomic E-state index is 13.2. The second-order valence-electron chi connectivity index (χ2n) is 3.71. The first-order chi connectivity index (χ1) is 9.31. The fraction of sp³-hybridized carbons (Fsp3) is 0.364. The molecule has 0 aliphatic rings. The van der Waals surface area contributed by atoms with Gasteiger partial charge in [-0.25, -0.2) is 18.0 Å². The molecule has 0 aliphatic heterocycles. The first-order valence-electron chi connectivity index (χ1n) is 5.28. The second-order valence-corrected chi connectivity index (χ2v) is 4.69. The number of rotatable bonds is 5. The summed E-state index contributed by atoms with van der Waals surface area (Å²) < 4.78 is 69.2. The maximum absolute atomic E-state index is 13.2. The number of carbonyl (C=O) groups is 1. The van der Waals surface area contributed by atoms with Gasteiger partial charge in [0.2, 0.25) is 34.8 Å². The monoisotopic (exact) mass is 315 g/mol. The lowest BCUT2D eigenvalue weighted by Crippen LogP contribution is -2.35. The maximum Gasteiger partial charge on any atom is 0.328 e. The van der Waals surface area contributed by atoms with Gasteiger partial charge in [0.05, 0.1) is 0 Å². The molecule has 112 valence electrons. The standard InChI is InChI=1S/C11H10F5NO2S/c1-20-3-2-4(17)11(18)19-10-8(15)6(13)5(12)7(14)9(10)16/h4H,2-3,17H2,1H3. The van der Waals surface area contributed by atoms with Crippen molar-refractivity contribution in [3.8, 4) is 5.75 Å². The highest BCUT2D eigenvalue weighted by Crippen LogP contribution is 2.29. The molecule has 1 atom stereocenters. The molecule has 1 rings (SSSR count). The molecule has 0 bridgehead atoms. The van der Waals surface area contributed by atoms with Crippen molar-refractivity contribution in [1.29, 1.82) is 0 Å². The number of hydrogen-bond donors (Lipinski definition) is 1. The van der Waals surface area contributed by atoms with Crippen LogP contribution in [-0.2, 0) is 4.79 Å². The first kappa shape index (κ1) is 16.7. The highest BCUT2D eigenvalue weighted by atomic mass is 32.2. The predicted octanol–water partition coefficient (Wildman–Crippen LogP) is 2.37. The predicted molar refractivity (Wildman–Crippen MR) is 62.8 cm³/mol. The Hall–Kier alpha value is -1.35. The van der Waals surface area contributed by atoms with Crippen LogP contribution in [0.4, 0.5) is 22.0 Å². The van der Waals surface area contributed by atoms with Crippen molar-refractivity contribution in [3.05, 3.63) is 29.1 Å². The Kier molecular flexibility index (Phi) is 5.75. The van der Waals surface area contributed by atoms with Crippen molar-refractivity contribution < 1.29 is 31.5 Å². The molecular weight excluding hydrogens is 305 g/mol. The van der Waals surface area contributed by atoms with E-state index < -0.39 is 46.8 Å². The molecule has 2 N–H and O–H groups in total. The Labute approximate surface area is 115 Å². The summed E-state index contributed by atoms with van der Waals surface area (Å²) in [7, 11) is 0. The van der Waals surface area contributed by atoms with E-state index in [0.29, 0.717) is 5.75 Å².